The van der Waals surface area contributed by atoms with Gasteiger partial charge in [0.05, 0.1) is 23.1 Å². The van der Waals surface area contributed by atoms with Crippen LogP contribution in [-0.4, -0.2) is 21.6 Å². The van der Waals surface area contributed by atoms with Crippen LogP contribution in [0.5, 0.6) is 0 Å². The summed E-state index contributed by atoms with van der Waals surface area (Å²) in [4.78, 5) is 25.3. The first-order valence-corrected chi connectivity index (χ1v) is 9.81. The second-order valence-corrected chi connectivity index (χ2v) is 7.27. The molecule has 0 bridgehead atoms. The third-order valence-corrected chi connectivity index (χ3v) is 5.15. The summed E-state index contributed by atoms with van der Waals surface area (Å²) in [6.45, 7) is 5.72. The number of furan rings is 1. The summed E-state index contributed by atoms with van der Waals surface area (Å²) < 4.78 is 6.79. The summed E-state index contributed by atoms with van der Waals surface area (Å²) in [5, 5.41) is 4.66. The average molecular weight is 414 g/mol. The van der Waals surface area contributed by atoms with E-state index in [1.54, 1.807) is 23.9 Å². The number of hydrogen-bond donors (Lipinski definition) is 2. The van der Waals surface area contributed by atoms with Crippen LogP contribution in [0, 0.1) is 20.8 Å². The van der Waals surface area contributed by atoms with Gasteiger partial charge in [0.25, 0.3) is 11.8 Å². The van der Waals surface area contributed by atoms with Crippen molar-refractivity contribution in [3.05, 3.63) is 95.1 Å². The number of carbonyl (C=O) groups is 2. The second-order valence-electron chi connectivity index (χ2n) is 7.27. The van der Waals surface area contributed by atoms with E-state index in [9.17, 15) is 9.59 Å². The van der Waals surface area contributed by atoms with Gasteiger partial charge in [0, 0.05) is 11.8 Å². The number of nitrogens with zero attached hydrogens (tertiary/aromatic N) is 2. The maximum absolute atomic E-state index is 13.0. The molecule has 7 nitrogen and oxygen atoms in total. The molecule has 0 saturated heterocycles. The van der Waals surface area contributed by atoms with Crippen molar-refractivity contribution >= 4 is 11.8 Å². The number of aromatic nitrogens is 2. The molecule has 0 atom stereocenters. The molecule has 156 valence electrons. The molecule has 2 aromatic heterocycles. The van der Waals surface area contributed by atoms with Gasteiger partial charge in [-0.1, -0.05) is 30.3 Å². The first kappa shape index (κ1) is 20.2. The van der Waals surface area contributed by atoms with Gasteiger partial charge in [-0.25, -0.2) is 4.68 Å². The monoisotopic (exact) mass is 414 g/mol. The van der Waals surface area contributed by atoms with Crippen molar-refractivity contribution < 1.29 is 14.0 Å². The number of rotatable bonds is 4. The Morgan fingerprint density at radius 2 is 1.58 bits per heavy atom. The standard InChI is InChI=1S/C24H22N4O3/c1-15-9-10-18(13-16(15)2)22-21(14-28(27-22)19-7-5-4-6-8-19)24(30)26-25-23(29)20-11-12-31-17(20)3/h4-14H,1-3H3,(H,25,29)(H,26,30). The van der Waals surface area contributed by atoms with Gasteiger partial charge in [-0.15, -0.1) is 0 Å². The molecule has 2 amide bonds. The number of para-hydroxylation sites is 1. The van der Waals surface area contributed by atoms with Crippen LogP contribution in [0.2, 0.25) is 0 Å². The predicted molar refractivity (Wildman–Crippen MR) is 117 cm³/mol. The molecule has 7 heteroatoms. The molecule has 31 heavy (non-hydrogen) atoms. The van der Waals surface area contributed by atoms with Gasteiger partial charge in [-0.2, -0.15) is 5.10 Å². The second kappa shape index (κ2) is 8.31. The summed E-state index contributed by atoms with van der Waals surface area (Å²) in [5.74, 6) is -0.452. The van der Waals surface area contributed by atoms with Crippen molar-refractivity contribution in [3.63, 3.8) is 0 Å². The van der Waals surface area contributed by atoms with E-state index >= 15 is 0 Å². The van der Waals surface area contributed by atoms with E-state index < -0.39 is 11.8 Å². The number of nitrogens with one attached hydrogen (secondary N) is 2. The zero-order valence-corrected chi connectivity index (χ0v) is 17.5. The van der Waals surface area contributed by atoms with Crippen molar-refractivity contribution in [2.24, 2.45) is 0 Å². The minimum absolute atomic E-state index is 0.344. The van der Waals surface area contributed by atoms with Crippen LogP contribution in [0.4, 0.5) is 0 Å². The zero-order valence-electron chi connectivity index (χ0n) is 17.5. The number of hydrazine groups is 1. The molecule has 4 rings (SSSR count). The van der Waals surface area contributed by atoms with E-state index in [1.807, 2.05) is 62.4 Å². The van der Waals surface area contributed by atoms with Crippen molar-refractivity contribution in [1.82, 2.24) is 20.6 Å². The van der Waals surface area contributed by atoms with Gasteiger partial charge >= 0.3 is 0 Å². The quantitative estimate of drug-likeness (QED) is 0.492. The lowest BCUT2D eigenvalue weighted by Crippen LogP contribution is -2.41. The maximum atomic E-state index is 13.0. The topological polar surface area (TPSA) is 89.2 Å². The zero-order chi connectivity index (χ0) is 22.0. The third-order valence-electron chi connectivity index (χ3n) is 5.15. The lowest BCUT2D eigenvalue weighted by molar-refractivity contribution is 0.0846. The van der Waals surface area contributed by atoms with E-state index in [1.165, 1.54) is 6.26 Å². The minimum atomic E-state index is -0.468. The molecule has 2 N–H and O–H groups in total. The Balaban J connectivity index is 1.67. The fourth-order valence-corrected chi connectivity index (χ4v) is 3.22. The molecule has 2 aromatic carbocycles. The van der Waals surface area contributed by atoms with Crippen LogP contribution in [0.1, 0.15) is 37.6 Å². The number of carbonyl (C=O) groups excluding carboxylic acids is 2. The van der Waals surface area contributed by atoms with Crippen molar-refractivity contribution in [1.29, 1.82) is 0 Å². The van der Waals surface area contributed by atoms with Crippen LogP contribution in [0.25, 0.3) is 16.9 Å². The Kier molecular flexibility index (Phi) is 5.41. The van der Waals surface area contributed by atoms with Crippen LogP contribution in [0.3, 0.4) is 0 Å². The molecule has 0 aliphatic heterocycles. The van der Waals surface area contributed by atoms with E-state index in [0.717, 1.165) is 22.4 Å². The Morgan fingerprint density at radius 3 is 2.23 bits per heavy atom. The molecule has 0 unspecified atom stereocenters. The lowest BCUT2D eigenvalue weighted by Gasteiger charge is -2.08. The van der Waals surface area contributed by atoms with Gasteiger partial charge in [-0.3, -0.25) is 20.4 Å². The Morgan fingerprint density at radius 1 is 0.871 bits per heavy atom. The third kappa shape index (κ3) is 4.11. The van der Waals surface area contributed by atoms with E-state index in [-0.39, 0.29) is 0 Å². The summed E-state index contributed by atoms with van der Waals surface area (Å²) in [7, 11) is 0. The fourth-order valence-electron chi connectivity index (χ4n) is 3.22. The van der Waals surface area contributed by atoms with Crippen molar-refractivity contribution in [3.8, 4) is 16.9 Å². The average Bonchev–Trinajstić information content (AvgIpc) is 3.41. The Bertz CT molecular complexity index is 1260. The predicted octanol–water partition coefficient (Wildman–Crippen LogP) is 4.13. The Hall–Kier alpha value is -4.13. The summed E-state index contributed by atoms with van der Waals surface area (Å²) >= 11 is 0. The molecule has 0 saturated carbocycles. The minimum Gasteiger partial charge on any atom is -0.469 e. The summed E-state index contributed by atoms with van der Waals surface area (Å²) in [6, 6.07) is 17.0. The van der Waals surface area contributed by atoms with E-state index in [2.05, 4.69) is 16.0 Å². The molecule has 0 aliphatic carbocycles. The number of aryl methyl sites for hydroxylation is 3. The van der Waals surface area contributed by atoms with Gasteiger partial charge in [-0.05, 0) is 56.2 Å². The maximum Gasteiger partial charge on any atom is 0.273 e. The van der Waals surface area contributed by atoms with Gasteiger partial charge in [0.15, 0.2) is 0 Å². The highest BCUT2D eigenvalue weighted by atomic mass is 16.3. The highest BCUT2D eigenvalue weighted by molar-refractivity contribution is 6.02. The van der Waals surface area contributed by atoms with E-state index in [4.69, 9.17) is 4.42 Å². The smallest absolute Gasteiger partial charge is 0.273 e. The molecule has 0 fully saturated rings. The fraction of sp³-hybridized carbons (Fsp3) is 0.125. The van der Waals surface area contributed by atoms with Crippen LogP contribution in [0.15, 0.2) is 71.5 Å². The number of benzene rings is 2. The van der Waals surface area contributed by atoms with Crippen LogP contribution in [-0.2, 0) is 0 Å². The molecule has 0 aliphatic rings. The SMILES string of the molecule is Cc1ccc(-c2nn(-c3ccccc3)cc2C(=O)NNC(=O)c2ccoc2C)cc1C. The largest absolute Gasteiger partial charge is 0.469 e. The molecule has 4 aromatic rings. The van der Waals surface area contributed by atoms with Gasteiger partial charge < -0.3 is 4.42 Å². The van der Waals surface area contributed by atoms with Crippen molar-refractivity contribution in [2.75, 3.05) is 0 Å². The van der Waals surface area contributed by atoms with Crippen molar-refractivity contribution in [2.45, 2.75) is 20.8 Å². The molecule has 0 radical (unpaired) electrons. The molecule has 2 heterocycles. The van der Waals surface area contributed by atoms with E-state index in [0.29, 0.717) is 22.6 Å². The summed E-state index contributed by atoms with van der Waals surface area (Å²) in [6.07, 6.45) is 3.08. The van der Waals surface area contributed by atoms with Crippen LogP contribution < -0.4 is 10.9 Å². The number of hydrogen-bond acceptors (Lipinski definition) is 4. The molecular formula is C24H22N4O3. The molecular weight excluding hydrogens is 392 g/mol. The highest BCUT2D eigenvalue weighted by Gasteiger charge is 2.20. The van der Waals surface area contributed by atoms with Gasteiger partial charge in [0.1, 0.15) is 11.5 Å². The van der Waals surface area contributed by atoms with Gasteiger partial charge in [0.2, 0.25) is 0 Å². The van der Waals surface area contributed by atoms with Crippen LogP contribution >= 0.6 is 0 Å². The Labute approximate surface area is 179 Å². The summed E-state index contributed by atoms with van der Waals surface area (Å²) in [5.41, 5.74) is 10.0. The highest BCUT2D eigenvalue weighted by Crippen LogP contribution is 2.26. The normalized spacial score (nSPS) is 10.7. The first-order valence-electron chi connectivity index (χ1n) is 9.81. The first-order chi connectivity index (χ1) is 14.9. The number of amides is 2. The molecule has 0 spiro atoms. The lowest BCUT2D eigenvalue weighted by atomic mass is 10.0.